The van der Waals surface area contributed by atoms with Gasteiger partial charge in [-0.05, 0) is 18.2 Å². The Balaban J connectivity index is 3.33. The van der Waals surface area contributed by atoms with E-state index in [0.29, 0.717) is 5.69 Å². The highest BCUT2D eigenvalue weighted by Gasteiger charge is 2.13. The van der Waals surface area contributed by atoms with Crippen LogP contribution in [0.3, 0.4) is 0 Å². The van der Waals surface area contributed by atoms with Crippen molar-refractivity contribution in [1.29, 1.82) is 0 Å². The largest absolute Gasteiger partial charge is 0.399 e. The van der Waals surface area contributed by atoms with Crippen LogP contribution >= 0.6 is 0 Å². The summed E-state index contributed by atoms with van der Waals surface area (Å²) >= 11 is 0. The number of nitrogens with two attached hydrogens (primary N) is 1. The second-order valence-corrected chi connectivity index (χ2v) is 5.84. The predicted octanol–water partition coefficient (Wildman–Crippen LogP) is 1.13. The molecule has 0 amide bonds. The van der Waals surface area contributed by atoms with Gasteiger partial charge in [0.25, 0.3) is 0 Å². The molecule has 0 saturated heterocycles. The Morgan fingerprint density at radius 1 is 1.27 bits per heavy atom. The number of benzene rings is 1. The van der Waals surface area contributed by atoms with Crippen molar-refractivity contribution in [2.45, 2.75) is 11.8 Å². The van der Waals surface area contributed by atoms with Gasteiger partial charge in [0.15, 0.2) is 9.84 Å². The van der Waals surface area contributed by atoms with Crippen LogP contribution in [0.5, 0.6) is 0 Å². The van der Waals surface area contributed by atoms with Crippen LogP contribution in [0.25, 0.3) is 0 Å². The molecule has 0 heterocycles. The highest BCUT2D eigenvalue weighted by molar-refractivity contribution is 7.91. The lowest BCUT2D eigenvalue weighted by Gasteiger charge is -2.14. The first kappa shape index (κ1) is 11.8. The first-order valence-electron chi connectivity index (χ1n) is 4.67. The van der Waals surface area contributed by atoms with Crippen molar-refractivity contribution in [2.24, 2.45) is 0 Å². The maximum atomic E-state index is 11.7. The molecule has 1 rings (SSSR count). The summed E-state index contributed by atoms with van der Waals surface area (Å²) in [6.07, 6.45) is 0. The quantitative estimate of drug-likeness (QED) is 0.788. The lowest BCUT2D eigenvalue weighted by Crippen LogP contribution is -2.11. The third-order valence-corrected chi connectivity index (χ3v) is 3.88. The molecular formula is C10H16N2O2S. The third-order valence-electron chi connectivity index (χ3n) is 2.17. The van der Waals surface area contributed by atoms with Gasteiger partial charge in [0.1, 0.15) is 0 Å². The first-order chi connectivity index (χ1) is 6.86. The molecule has 0 unspecified atom stereocenters. The summed E-state index contributed by atoms with van der Waals surface area (Å²) in [7, 11) is 0.505. The van der Waals surface area contributed by atoms with Crippen molar-refractivity contribution in [3.8, 4) is 0 Å². The number of hydrogen-bond acceptors (Lipinski definition) is 4. The summed E-state index contributed by atoms with van der Waals surface area (Å²) < 4.78 is 23.3. The molecule has 15 heavy (non-hydrogen) atoms. The van der Waals surface area contributed by atoms with Crippen LogP contribution in [0, 0.1) is 0 Å². The van der Waals surface area contributed by atoms with Gasteiger partial charge in [0.2, 0.25) is 0 Å². The fourth-order valence-corrected chi connectivity index (χ4v) is 2.16. The molecule has 0 saturated carbocycles. The highest BCUT2D eigenvalue weighted by atomic mass is 32.2. The molecule has 5 heteroatoms. The number of nitrogens with zero attached hydrogens (tertiary/aromatic N) is 1. The number of sulfone groups is 1. The zero-order valence-electron chi connectivity index (χ0n) is 9.19. The van der Waals surface area contributed by atoms with Crippen LogP contribution in [-0.2, 0) is 9.84 Å². The molecule has 1 aromatic rings. The molecule has 1 aromatic carbocycles. The van der Waals surface area contributed by atoms with Gasteiger partial charge in [-0.2, -0.15) is 0 Å². The topological polar surface area (TPSA) is 63.4 Å². The van der Waals surface area contributed by atoms with Crippen molar-refractivity contribution in [3.05, 3.63) is 18.2 Å². The van der Waals surface area contributed by atoms with E-state index in [0.717, 1.165) is 5.69 Å². The average Bonchev–Trinajstić information content (AvgIpc) is 2.16. The summed E-state index contributed by atoms with van der Waals surface area (Å²) in [6.45, 7) is 1.62. The molecule has 0 spiro atoms. The van der Waals surface area contributed by atoms with Gasteiger partial charge in [0.05, 0.1) is 10.6 Å². The van der Waals surface area contributed by atoms with E-state index in [1.54, 1.807) is 19.1 Å². The van der Waals surface area contributed by atoms with E-state index in [2.05, 4.69) is 0 Å². The van der Waals surface area contributed by atoms with Crippen LogP contribution in [0.4, 0.5) is 11.4 Å². The van der Waals surface area contributed by atoms with E-state index in [4.69, 9.17) is 5.73 Å². The highest BCUT2D eigenvalue weighted by Crippen LogP contribution is 2.22. The Morgan fingerprint density at radius 2 is 1.87 bits per heavy atom. The minimum Gasteiger partial charge on any atom is -0.399 e. The van der Waals surface area contributed by atoms with E-state index in [9.17, 15) is 8.42 Å². The Kier molecular flexibility index (Phi) is 3.24. The standard InChI is InChI=1S/C10H16N2O2S/c1-4-15(13,14)10-6-8(11)5-9(7-10)12(2)3/h5-7H,4,11H2,1-3H3. The van der Waals surface area contributed by atoms with Crippen molar-refractivity contribution >= 4 is 21.2 Å². The van der Waals surface area contributed by atoms with Crippen LogP contribution in [0.15, 0.2) is 23.1 Å². The summed E-state index contributed by atoms with van der Waals surface area (Å²) in [4.78, 5) is 2.11. The minimum absolute atomic E-state index is 0.0866. The van der Waals surface area contributed by atoms with Gasteiger partial charge >= 0.3 is 0 Å². The number of anilines is 2. The Labute approximate surface area is 90.6 Å². The van der Waals surface area contributed by atoms with E-state index in [1.807, 2.05) is 19.0 Å². The zero-order chi connectivity index (χ0) is 11.6. The smallest absolute Gasteiger partial charge is 0.178 e. The minimum atomic E-state index is -3.18. The molecule has 0 bridgehead atoms. The van der Waals surface area contributed by atoms with Crippen molar-refractivity contribution in [2.75, 3.05) is 30.5 Å². The third kappa shape index (κ3) is 2.62. The molecule has 0 aliphatic rings. The average molecular weight is 228 g/mol. The number of hydrogen-bond donors (Lipinski definition) is 1. The molecule has 0 radical (unpaired) electrons. The molecule has 0 atom stereocenters. The van der Waals surface area contributed by atoms with Crippen molar-refractivity contribution < 1.29 is 8.42 Å². The predicted molar refractivity (Wildman–Crippen MR) is 62.9 cm³/mol. The molecule has 0 aliphatic carbocycles. The normalized spacial score (nSPS) is 11.4. The Bertz CT molecular complexity index is 452. The summed E-state index contributed by atoms with van der Waals surface area (Å²) in [5.41, 5.74) is 6.92. The molecular weight excluding hydrogens is 212 g/mol. The number of rotatable bonds is 3. The van der Waals surface area contributed by atoms with Crippen LogP contribution < -0.4 is 10.6 Å². The fourth-order valence-electron chi connectivity index (χ4n) is 1.21. The van der Waals surface area contributed by atoms with Gasteiger partial charge in [-0.25, -0.2) is 8.42 Å². The van der Waals surface area contributed by atoms with Gasteiger partial charge in [0, 0.05) is 25.5 Å². The second-order valence-electron chi connectivity index (χ2n) is 3.56. The Morgan fingerprint density at radius 3 is 2.33 bits per heavy atom. The molecule has 0 aliphatic heterocycles. The summed E-state index contributed by atoms with van der Waals surface area (Å²) in [5.74, 6) is 0.0866. The van der Waals surface area contributed by atoms with E-state index >= 15 is 0 Å². The van der Waals surface area contributed by atoms with Crippen LogP contribution in [0.1, 0.15) is 6.92 Å². The lowest BCUT2D eigenvalue weighted by molar-refractivity contribution is 0.597. The fraction of sp³-hybridized carbons (Fsp3) is 0.400. The van der Waals surface area contributed by atoms with Gasteiger partial charge < -0.3 is 10.6 Å². The van der Waals surface area contributed by atoms with Crippen LogP contribution in [0.2, 0.25) is 0 Å². The second kappa shape index (κ2) is 4.10. The molecule has 4 nitrogen and oxygen atoms in total. The maximum Gasteiger partial charge on any atom is 0.178 e. The van der Waals surface area contributed by atoms with Gasteiger partial charge in [-0.1, -0.05) is 6.92 Å². The molecule has 2 N–H and O–H groups in total. The lowest BCUT2D eigenvalue weighted by atomic mass is 10.3. The molecule has 0 aromatic heterocycles. The van der Waals surface area contributed by atoms with Crippen molar-refractivity contribution in [1.82, 2.24) is 0 Å². The van der Waals surface area contributed by atoms with Crippen LogP contribution in [-0.4, -0.2) is 28.3 Å². The molecule has 84 valence electrons. The Hall–Kier alpha value is -1.23. The van der Waals surface area contributed by atoms with Gasteiger partial charge in [-0.3, -0.25) is 0 Å². The van der Waals surface area contributed by atoms with E-state index in [1.165, 1.54) is 6.07 Å². The van der Waals surface area contributed by atoms with E-state index < -0.39 is 9.84 Å². The SMILES string of the molecule is CCS(=O)(=O)c1cc(N)cc(N(C)C)c1. The summed E-state index contributed by atoms with van der Waals surface area (Å²) in [6, 6.07) is 4.87. The first-order valence-corrected chi connectivity index (χ1v) is 6.32. The maximum absolute atomic E-state index is 11.7. The summed E-state index contributed by atoms with van der Waals surface area (Å²) in [5, 5.41) is 0. The zero-order valence-corrected chi connectivity index (χ0v) is 10.0. The van der Waals surface area contributed by atoms with Gasteiger partial charge in [-0.15, -0.1) is 0 Å². The monoisotopic (exact) mass is 228 g/mol. The van der Waals surface area contributed by atoms with Crippen molar-refractivity contribution in [3.63, 3.8) is 0 Å². The van der Waals surface area contributed by atoms with E-state index in [-0.39, 0.29) is 10.6 Å². The molecule has 0 fully saturated rings. The number of nitrogen functional groups attached to an aromatic ring is 1.